The van der Waals surface area contributed by atoms with Gasteiger partial charge < -0.3 is 5.73 Å². The molecule has 2 rings (SSSR count). The molecule has 1 aliphatic rings. The van der Waals surface area contributed by atoms with Crippen molar-refractivity contribution in [2.24, 2.45) is 11.1 Å². The molecule has 0 radical (unpaired) electrons. The Morgan fingerprint density at radius 2 is 2.05 bits per heavy atom. The maximum Gasteiger partial charge on any atom is 0.416 e. The molecule has 116 valence electrons. The van der Waals surface area contributed by atoms with Crippen molar-refractivity contribution < 1.29 is 18.0 Å². The van der Waals surface area contributed by atoms with E-state index >= 15 is 0 Å². The number of carbonyl (C=O) groups is 1. The lowest BCUT2D eigenvalue weighted by molar-refractivity contribution is -0.139. The number of hydrogen-bond donors (Lipinski definition) is 1. The Bertz CT molecular complexity index is 530. The Balaban J connectivity index is 2.18. The third-order valence-corrected chi connectivity index (χ3v) is 4.09. The molecule has 1 aliphatic heterocycles. The molecule has 1 aromatic rings. The summed E-state index contributed by atoms with van der Waals surface area (Å²) in [5, 5.41) is 0. The van der Waals surface area contributed by atoms with E-state index in [9.17, 15) is 18.0 Å². The van der Waals surface area contributed by atoms with Gasteiger partial charge in [0.2, 0.25) is 5.91 Å². The molecule has 0 spiro atoms. The highest BCUT2D eigenvalue weighted by Crippen LogP contribution is 2.34. The van der Waals surface area contributed by atoms with Crippen LogP contribution in [-0.2, 0) is 17.5 Å². The zero-order valence-electron chi connectivity index (χ0n) is 11.9. The average molecular weight is 300 g/mol. The van der Waals surface area contributed by atoms with Gasteiger partial charge in [0, 0.05) is 13.1 Å². The Hall–Kier alpha value is -1.56. The molecule has 0 saturated carbocycles. The molecule has 1 atom stereocenters. The van der Waals surface area contributed by atoms with Crippen LogP contribution in [0.1, 0.15) is 30.9 Å². The van der Waals surface area contributed by atoms with Crippen molar-refractivity contribution >= 4 is 5.91 Å². The number of rotatable bonds is 3. The Morgan fingerprint density at radius 3 is 2.67 bits per heavy atom. The van der Waals surface area contributed by atoms with Crippen LogP contribution >= 0.6 is 0 Å². The summed E-state index contributed by atoms with van der Waals surface area (Å²) in [7, 11) is 0. The van der Waals surface area contributed by atoms with Gasteiger partial charge in [-0.15, -0.1) is 0 Å². The molecule has 6 heteroatoms. The molecule has 1 fully saturated rings. The monoisotopic (exact) mass is 300 g/mol. The number of piperidine rings is 1. The van der Waals surface area contributed by atoms with Gasteiger partial charge in [0.25, 0.3) is 0 Å². The molecule has 1 aromatic carbocycles. The summed E-state index contributed by atoms with van der Waals surface area (Å²) in [6.45, 7) is 3.03. The second-order valence-electron chi connectivity index (χ2n) is 5.89. The van der Waals surface area contributed by atoms with Crippen molar-refractivity contribution in [3.05, 3.63) is 35.4 Å². The highest BCUT2D eigenvalue weighted by atomic mass is 19.4. The number of benzene rings is 1. The van der Waals surface area contributed by atoms with E-state index in [0.29, 0.717) is 19.5 Å². The minimum absolute atomic E-state index is 0.179. The molecular weight excluding hydrogens is 281 g/mol. The van der Waals surface area contributed by atoms with Crippen molar-refractivity contribution in [3.63, 3.8) is 0 Å². The van der Waals surface area contributed by atoms with Gasteiger partial charge in [0.15, 0.2) is 0 Å². The lowest BCUT2D eigenvalue weighted by Crippen LogP contribution is -2.48. The fourth-order valence-corrected chi connectivity index (χ4v) is 2.86. The summed E-state index contributed by atoms with van der Waals surface area (Å²) in [5.74, 6) is -0.392. The first kappa shape index (κ1) is 15.8. The standard InChI is InChI=1S/C15H19F3N2O/c1-14(13(19)21)7-4-8-20(10-14)9-11-5-2-3-6-12(11)15(16,17)18/h2-3,5-6H,4,7-10H2,1H3,(H2,19,21). The van der Waals surface area contributed by atoms with Gasteiger partial charge in [-0.25, -0.2) is 0 Å². The number of primary amides is 1. The molecule has 0 aliphatic carbocycles. The predicted octanol–water partition coefficient (Wildman–Crippen LogP) is 2.79. The number of alkyl halides is 3. The molecule has 3 nitrogen and oxygen atoms in total. The number of nitrogens with two attached hydrogens (primary N) is 1. The molecule has 0 aromatic heterocycles. The van der Waals surface area contributed by atoms with Crippen LogP contribution in [0.15, 0.2) is 24.3 Å². The van der Waals surface area contributed by atoms with E-state index in [1.165, 1.54) is 12.1 Å². The van der Waals surface area contributed by atoms with Crippen LogP contribution in [0, 0.1) is 5.41 Å². The summed E-state index contributed by atoms with van der Waals surface area (Å²) in [4.78, 5) is 13.4. The molecule has 1 saturated heterocycles. The first-order chi connectivity index (χ1) is 9.72. The number of likely N-dealkylation sites (tertiary alicyclic amines) is 1. The van der Waals surface area contributed by atoms with Gasteiger partial charge in [-0.1, -0.05) is 18.2 Å². The van der Waals surface area contributed by atoms with Crippen LogP contribution in [0.2, 0.25) is 0 Å². The summed E-state index contributed by atoms with van der Waals surface area (Å²) in [5.41, 5.74) is 4.37. The van der Waals surface area contributed by atoms with Crippen LogP contribution in [0.5, 0.6) is 0 Å². The summed E-state index contributed by atoms with van der Waals surface area (Å²) in [6, 6.07) is 5.56. The quantitative estimate of drug-likeness (QED) is 0.933. The normalized spacial score (nSPS) is 24.0. The van der Waals surface area contributed by atoms with Crippen molar-refractivity contribution in [3.8, 4) is 0 Å². The maximum atomic E-state index is 13.0. The zero-order chi connectivity index (χ0) is 15.7. The first-order valence-corrected chi connectivity index (χ1v) is 6.90. The Kier molecular flexibility index (Phi) is 4.27. The SMILES string of the molecule is CC1(C(N)=O)CCCN(Cc2ccccc2C(F)(F)F)C1. The van der Waals surface area contributed by atoms with Crippen LogP contribution < -0.4 is 5.73 Å². The number of halogens is 3. The fourth-order valence-electron chi connectivity index (χ4n) is 2.86. The topological polar surface area (TPSA) is 46.3 Å². The first-order valence-electron chi connectivity index (χ1n) is 6.90. The molecule has 21 heavy (non-hydrogen) atoms. The fraction of sp³-hybridized carbons (Fsp3) is 0.533. The Labute approximate surface area is 121 Å². The molecule has 1 unspecified atom stereocenters. The second kappa shape index (κ2) is 5.67. The van der Waals surface area contributed by atoms with Gasteiger partial charge in [-0.05, 0) is 37.9 Å². The number of carbonyl (C=O) groups excluding carboxylic acids is 1. The van der Waals surface area contributed by atoms with E-state index in [-0.39, 0.29) is 12.1 Å². The Morgan fingerprint density at radius 1 is 1.38 bits per heavy atom. The van der Waals surface area contributed by atoms with Crippen LogP contribution in [0.4, 0.5) is 13.2 Å². The van der Waals surface area contributed by atoms with Crippen LogP contribution in [0.3, 0.4) is 0 Å². The van der Waals surface area contributed by atoms with E-state index in [1.807, 2.05) is 4.90 Å². The second-order valence-corrected chi connectivity index (χ2v) is 5.89. The number of hydrogen-bond acceptors (Lipinski definition) is 2. The van der Waals surface area contributed by atoms with Crippen molar-refractivity contribution in [2.45, 2.75) is 32.5 Å². The van der Waals surface area contributed by atoms with E-state index in [1.54, 1.807) is 13.0 Å². The van der Waals surface area contributed by atoms with Crippen molar-refractivity contribution in [1.29, 1.82) is 0 Å². The third-order valence-electron chi connectivity index (χ3n) is 4.09. The number of amides is 1. The largest absolute Gasteiger partial charge is 0.416 e. The van der Waals surface area contributed by atoms with Crippen molar-refractivity contribution in [2.75, 3.05) is 13.1 Å². The van der Waals surface area contributed by atoms with Gasteiger partial charge in [-0.3, -0.25) is 9.69 Å². The highest BCUT2D eigenvalue weighted by molar-refractivity contribution is 5.80. The molecule has 1 heterocycles. The van der Waals surface area contributed by atoms with Gasteiger partial charge in [0.1, 0.15) is 0 Å². The van der Waals surface area contributed by atoms with Gasteiger partial charge >= 0.3 is 6.18 Å². The predicted molar refractivity (Wildman–Crippen MR) is 73.3 cm³/mol. The summed E-state index contributed by atoms with van der Waals surface area (Å²) in [6.07, 6.45) is -2.92. The van der Waals surface area contributed by atoms with E-state index in [4.69, 9.17) is 5.73 Å². The van der Waals surface area contributed by atoms with E-state index in [0.717, 1.165) is 12.5 Å². The van der Waals surface area contributed by atoms with Gasteiger partial charge in [-0.2, -0.15) is 13.2 Å². The maximum absolute atomic E-state index is 13.0. The molecule has 1 amide bonds. The average Bonchev–Trinajstić information content (AvgIpc) is 2.38. The van der Waals surface area contributed by atoms with Crippen LogP contribution in [0.25, 0.3) is 0 Å². The summed E-state index contributed by atoms with van der Waals surface area (Å²) < 4.78 is 39.0. The minimum atomic E-state index is -4.36. The van der Waals surface area contributed by atoms with E-state index < -0.39 is 23.1 Å². The third kappa shape index (κ3) is 3.56. The smallest absolute Gasteiger partial charge is 0.369 e. The van der Waals surface area contributed by atoms with Crippen LogP contribution in [-0.4, -0.2) is 23.9 Å². The zero-order valence-corrected chi connectivity index (χ0v) is 11.9. The lowest BCUT2D eigenvalue weighted by Gasteiger charge is -2.38. The van der Waals surface area contributed by atoms with Crippen molar-refractivity contribution in [1.82, 2.24) is 4.90 Å². The molecular formula is C15H19F3N2O. The summed E-state index contributed by atoms with van der Waals surface area (Å²) >= 11 is 0. The minimum Gasteiger partial charge on any atom is -0.369 e. The highest BCUT2D eigenvalue weighted by Gasteiger charge is 2.37. The van der Waals surface area contributed by atoms with E-state index in [2.05, 4.69) is 0 Å². The molecule has 2 N–H and O–H groups in total. The van der Waals surface area contributed by atoms with Gasteiger partial charge in [0.05, 0.1) is 11.0 Å². The lowest BCUT2D eigenvalue weighted by atomic mass is 9.81. The number of nitrogens with zero attached hydrogens (tertiary/aromatic N) is 1. The molecule has 0 bridgehead atoms.